The summed E-state index contributed by atoms with van der Waals surface area (Å²) in [6.07, 6.45) is 2.43. The number of hydrogen-bond acceptors (Lipinski definition) is 2. The number of carboxylic acid groups (broad SMARTS) is 1. The van der Waals surface area contributed by atoms with Crippen LogP contribution in [0.3, 0.4) is 0 Å². The topological polar surface area (TPSA) is 46.5 Å². The van der Waals surface area contributed by atoms with Crippen LogP contribution in [0.4, 0.5) is 0 Å². The van der Waals surface area contributed by atoms with Gasteiger partial charge in [0.2, 0.25) is 0 Å². The van der Waals surface area contributed by atoms with Gasteiger partial charge in [0.1, 0.15) is 0 Å². The zero-order chi connectivity index (χ0) is 13.0. The van der Waals surface area contributed by atoms with E-state index in [0.29, 0.717) is 18.1 Å². The van der Waals surface area contributed by atoms with Crippen molar-refractivity contribution in [2.24, 2.45) is 11.8 Å². The predicted octanol–water partition coefficient (Wildman–Crippen LogP) is 3.01. The molecule has 1 heterocycles. The van der Waals surface area contributed by atoms with Gasteiger partial charge in [0.25, 0.3) is 0 Å². The zero-order valence-corrected chi connectivity index (χ0v) is 10.9. The van der Waals surface area contributed by atoms with Crippen molar-refractivity contribution in [3.8, 4) is 0 Å². The first kappa shape index (κ1) is 13.4. The van der Waals surface area contributed by atoms with E-state index < -0.39 is 5.97 Å². The van der Waals surface area contributed by atoms with Gasteiger partial charge < -0.3 is 9.84 Å². The molecule has 3 nitrogen and oxygen atoms in total. The minimum Gasteiger partial charge on any atom is -0.481 e. The van der Waals surface area contributed by atoms with Crippen LogP contribution in [-0.4, -0.2) is 24.3 Å². The number of aliphatic carboxylic acids is 1. The highest BCUT2D eigenvalue weighted by Gasteiger charge is 2.29. The van der Waals surface area contributed by atoms with Crippen LogP contribution in [0.25, 0.3) is 0 Å². The second-order valence-corrected chi connectivity index (χ2v) is 5.19. The lowest BCUT2D eigenvalue weighted by atomic mass is 9.83. The molecule has 18 heavy (non-hydrogen) atoms. The van der Waals surface area contributed by atoms with Crippen molar-refractivity contribution in [1.82, 2.24) is 0 Å². The van der Waals surface area contributed by atoms with Gasteiger partial charge >= 0.3 is 5.97 Å². The highest BCUT2D eigenvalue weighted by molar-refractivity contribution is 6.30. The van der Waals surface area contributed by atoms with E-state index in [4.69, 9.17) is 16.3 Å². The fraction of sp³-hybridized carbons (Fsp3) is 0.500. The average molecular weight is 269 g/mol. The molecule has 1 fully saturated rings. The number of hydrogen-bond donors (Lipinski definition) is 1. The molecule has 4 heteroatoms. The second kappa shape index (κ2) is 6.21. The van der Waals surface area contributed by atoms with Crippen molar-refractivity contribution in [2.45, 2.75) is 19.3 Å². The van der Waals surface area contributed by atoms with Gasteiger partial charge in [0, 0.05) is 11.6 Å². The van der Waals surface area contributed by atoms with Crippen molar-refractivity contribution in [2.75, 3.05) is 13.2 Å². The van der Waals surface area contributed by atoms with Gasteiger partial charge in [0.05, 0.1) is 12.5 Å². The number of carboxylic acids is 1. The van der Waals surface area contributed by atoms with Crippen molar-refractivity contribution in [3.63, 3.8) is 0 Å². The lowest BCUT2D eigenvalue weighted by Crippen LogP contribution is -2.32. The summed E-state index contributed by atoms with van der Waals surface area (Å²) in [6.45, 7) is 1.31. The van der Waals surface area contributed by atoms with E-state index in [1.165, 1.54) is 0 Å². The van der Waals surface area contributed by atoms with Crippen molar-refractivity contribution < 1.29 is 14.6 Å². The van der Waals surface area contributed by atoms with Gasteiger partial charge in [-0.05, 0) is 42.9 Å². The standard InChI is InChI=1S/C14H17ClO3/c15-12-5-3-10(4-6-12)8-13(14(16)17)11-2-1-7-18-9-11/h3-6,11,13H,1-2,7-9H2,(H,16,17). The molecule has 0 aliphatic carbocycles. The van der Waals surface area contributed by atoms with Gasteiger partial charge in [-0.15, -0.1) is 0 Å². The molecule has 1 saturated heterocycles. The molecular formula is C14H17ClO3. The van der Waals surface area contributed by atoms with Crippen LogP contribution < -0.4 is 0 Å². The number of rotatable bonds is 4. The van der Waals surface area contributed by atoms with Crippen LogP contribution in [0.2, 0.25) is 5.02 Å². The molecule has 1 aliphatic heterocycles. The van der Waals surface area contributed by atoms with E-state index in [0.717, 1.165) is 25.0 Å². The molecule has 0 saturated carbocycles. The first-order valence-electron chi connectivity index (χ1n) is 6.22. The summed E-state index contributed by atoms with van der Waals surface area (Å²) in [4.78, 5) is 11.4. The molecule has 0 spiro atoms. The molecule has 2 unspecified atom stereocenters. The molecule has 1 aromatic rings. The fourth-order valence-electron chi connectivity index (χ4n) is 2.41. The SMILES string of the molecule is O=C(O)C(Cc1ccc(Cl)cc1)C1CCCOC1. The third kappa shape index (κ3) is 3.47. The quantitative estimate of drug-likeness (QED) is 0.913. The number of carbonyl (C=O) groups is 1. The van der Waals surface area contributed by atoms with E-state index in [1.807, 2.05) is 12.1 Å². The Morgan fingerprint density at radius 1 is 1.44 bits per heavy atom. The highest BCUT2D eigenvalue weighted by Crippen LogP contribution is 2.26. The molecule has 1 aromatic carbocycles. The van der Waals surface area contributed by atoms with E-state index in [-0.39, 0.29) is 11.8 Å². The maximum Gasteiger partial charge on any atom is 0.307 e. The summed E-state index contributed by atoms with van der Waals surface area (Å²) in [5.41, 5.74) is 1.01. The van der Waals surface area contributed by atoms with Crippen LogP contribution in [0, 0.1) is 11.8 Å². The number of halogens is 1. The molecule has 2 atom stereocenters. The minimum atomic E-state index is -0.736. The Bertz CT molecular complexity index is 396. The Labute approximate surface area is 112 Å². The van der Waals surface area contributed by atoms with Gasteiger partial charge in [-0.25, -0.2) is 0 Å². The second-order valence-electron chi connectivity index (χ2n) is 4.75. The first-order chi connectivity index (χ1) is 8.66. The van der Waals surface area contributed by atoms with Gasteiger partial charge in [-0.2, -0.15) is 0 Å². The van der Waals surface area contributed by atoms with Crippen molar-refractivity contribution in [3.05, 3.63) is 34.9 Å². The molecule has 1 N–H and O–H groups in total. The maximum absolute atomic E-state index is 11.4. The number of ether oxygens (including phenoxy) is 1. The molecule has 2 rings (SSSR count). The van der Waals surface area contributed by atoms with Crippen molar-refractivity contribution in [1.29, 1.82) is 0 Å². The summed E-state index contributed by atoms with van der Waals surface area (Å²) in [7, 11) is 0. The van der Waals surface area contributed by atoms with E-state index in [1.54, 1.807) is 12.1 Å². The van der Waals surface area contributed by atoms with Gasteiger partial charge in [0.15, 0.2) is 0 Å². The summed E-state index contributed by atoms with van der Waals surface area (Å²) in [5.74, 6) is -0.987. The Kier molecular flexibility index (Phi) is 4.61. The predicted molar refractivity (Wildman–Crippen MR) is 69.8 cm³/mol. The number of benzene rings is 1. The summed E-state index contributed by atoms with van der Waals surface area (Å²) in [5, 5.41) is 10.0. The van der Waals surface area contributed by atoms with Crippen LogP contribution in [0.15, 0.2) is 24.3 Å². The smallest absolute Gasteiger partial charge is 0.307 e. The molecule has 0 radical (unpaired) electrons. The minimum absolute atomic E-state index is 0.118. The van der Waals surface area contributed by atoms with E-state index in [9.17, 15) is 9.90 Å². The van der Waals surface area contributed by atoms with Crippen molar-refractivity contribution >= 4 is 17.6 Å². The van der Waals surface area contributed by atoms with E-state index >= 15 is 0 Å². The first-order valence-corrected chi connectivity index (χ1v) is 6.59. The summed E-state index contributed by atoms with van der Waals surface area (Å²) < 4.78 is 5.39. The Morgan fingerprint density at radius 3 is 2.72 bits per heavy atom. The Balaban J connectivity index is 2.05. The average Bonchev–Trinajstić information content (AvgIpc) is 2.38. The third-order valence-electron chi connectivity index (χ3n) is 3.45. The Hall–Kier alpha value is -1.06. The monoisotopic (exact) mass is 268 g/mol. The highest BCUT2D eigenvalue weighted by atomic mass is 35.5. The molecule has 0 aromatic heterocycles. The largest absolute Gasteiger partial charge is 0.481 e. The lowest BCUT2D eigenvalue weighted by Gasteiger charge is -2.27. The Morgan fingerprint density at radius 2 is 2.17 bits per heavy atom. The summed E-state index contributed by atoms with van der Waals surface area (Å²) >= 11 is 5.82. The molecule has 98 valence electrons. The van der Waals surface area contributed by atoms with Crippen LogP contribution in [-0.2, 0) is 16.0 Å². The lowest BCUT2D eigenvalue weighted by molar-refractivity contribution is -0.145. The van der Waals surface area contributed by atoms with Crippen LogP contribution in [0.5, 0.6) is 0 Å². The third-order valence-corrected chi connectivity index (χ3v) is 3.70. The fourth-order valence-corrected chi connectivity index (χ4v) is 2.54. The molecule has 0 bridgehead atoms. The molecule has 0 amide bonds. The van der Waals surface area contributed by atoms with Gasteiger partial charge in [-0.1, -0.05) is 23.7 Å². The van der Waals surface area contributed by atoms with Gasteiger partial charge in [-0.3, -0.25) is 4.79 Å². The normalized spacial score (nSPS) is 21.5. The summed E-state index contributed by atoms with van der Waals surface area (Å²) in [6, 6.07) is 7.38. The molecular weight excluding hydrogens is 252 g/mol. The van der Waals surface area contributed by atoms with Crippen LogP contribution >= 0.6 is 11.6 Å². The van der Waals surface area contributed by atoms with Crippen LogP contribution in [0.1, 0.15) is 18.4 Å². The molecule has 1 aliphatic rings. The zero-order valence-electron chi connectivity index (χ0n) is 10.1. The van der Waals surface area contributed by atoms with E-state index in [2.05, 4.69) is 0 Å². The maximum atomic E-state index is 11.4.